The van der Waals surface area contributed by atoms with Gasteiger partial charge in [0.05, 0.1) is 5.56 Å². The second-order valence-electron chi connectivity index (χ2n) is 1.88. The molecule has 1 aromatic heterocycles. The minimum absolute atomic E-state index is 0.226. The van der Waals surface area contributed by atoms with Gasteiger partial charge in [0.25, 0.3) is 5.76 Å². The SMILES string of the molecule is N#Cc1ccc(SC(F)F)nc1. The topological polar surface area (TPSA) is 36.7 Å². The summed E-state index contributed by atoms with van der Waals surface area (Å²) in [5.41, 5.74) is 0.369. The maximum absolute atomic E-state index is 11.8. The zero-order chi connectivity index (χ0) is 8.97. The smallest absolute Gasteiger partial charge is 0.248 e. The fourth-order valence-corrected chi connectivity index (χ4v) is 1.05. The molecule has 1 heterocycles. The van der Waals surface area contributed by atoms with Crippen LogP contribution >= 0.6 is 11.8 Å². The van der Waals surface area contributed by atoms with Crippen molar-refractivity contribution in [1.82, 2.24) is 4.98 Å². The Labute approximate surface area is 72.2 Å². The third-order valence-corrected chi connectivity index (χ3v) is 1.74. The highest BCUT2D eigenvalue weighted by atomic mass is 32.2. The summed E-state index contributed by atoms with van der Waals surface area (Å²) in [4.78, 5) is 3.65. The van der Waals surface area contributed by atoms with Gasteiger partial charge in [-0.3, -0.25) is 0 Å². The number of pyridine rings is 1. The lowest BCUT2D eigenvalue weighted by molar-refractivity contribution is 0.252. The van der Waals surface area contributed by atoms with Gasteiger partial charge in [-0.25, -0.2) is 4.98 Å². The molecular weight excluding hydrogens is 182 g/mol. The highest BCUT2D eigenvalue weighted by Crippen LogP contribution is 2.22. The highest BCUT2D eigenvalue weighted by Gasteiger charge is 2.05. The van der Waals surface area contributed by atoms with E-state index in [0.29, 0.717) is 17.3 Å². The molecule has 0 unspecified atom stereocenters. The average Bonchev–Trinajstić information content (AvgIpc) is 2.05. The van der Waals surface area contributed by atoms with Crippen LogP contribution in [-0.2, 0) is 0 Å². The minimum atomic E-state index is -2.47. The molecule has 0 aromatic carbocycles. The van der Waals surface area contributed by atoms with Gasteiger partial charge in [-0.1, -0.05) is 0 Å². The van der Waals surface area contributed by atoms with Crippen molar-refractivity contribution in [3.63, 3.8) is 0 Å². The second-order valence-corrected chi connectivity index (χ2v) is 2.89. The molecule has 0 saturated carbocycles. The molecular formula is C7H4F2N2S. The van der Waals surface area contributed by atoms with E-state index in [0.717, 1.165) is 0 Å². The van der Waals surface area contributed by atoms with Gasteiger partial charge in [-0.2, -0.15) is 14.0 Å². The summed E-state index contributed by atoms with van der Waals surface area (Å²) in [7, 11) is 0. The number of aromatic nitrogens is 1. The Balaban J connectivity index is 2.73. The predicted octanol–water partition coefficient (Wildman–Crippen LogP) is 2.27. The number of thioether (sulfide) groups is 1. The van der Waals surface area contributed by atoms with Gasteiger partial charge in [0.1, 0.15) is 11.1 Å². The largest absolute Gasteiger partial charge is 0.290 e. The summed E-state index contributed by atoms with van der Waals surface area (Å²) in [6, 6.07) is 4.70. The lowest BCUT2D eigenvalue weighted by Crippen LogP contribution is -1.85. The molecule has 1 aromatic rings. The molecule has 2 nitrogen and oxygen atoms in total. The molecule has 62 valence electrons. The standard InChI is InChI=1S/C7H4F2N2S/c8-7(9)12-6-2-1-5(3-10)4-11-6/h1-2,4,7H. The molecule has 5 heteroatoms. The summed E-state index contributed by atoms with van der Waals surface area (Å²) < 4.78 is 23.5. The van der Waals surface area contributed by atoms with Crippen molar-refractivity contribution in [2.45, 2.75) is 10.8 Å². The van der Waals surface area contributed by atoms with Crippen LogP contribution in [0.5, 0.6) is 0 Å². The molecule has 0 aliphatic rings. The van der Waals surface area contributed by atoms with Gasteiger partial charge in [-0.15, -0.1) is 0 Å². The van der Waals surface area contributed by atoms with Crippen LogP contribution in [0.3, 0.4) is 0 Å². The molecule has 0 radical (unpaired) electrons. The number of nitriles is 1. The molecule has 0 atom stereocenters. The third-order valence-electron chi connectivity index (χ3n) is 1.08. The van der Waals surface area contributed by atoms with Crippen molar-refractivity contribution < 1.29 is 8.78 Å². The van der Waals surface area contributed by atoms with Crippen LogP contribution in [-0.4, -0.2) is 10.7 Å². The molecule has 0 saturated heterocycles. The predicted molar refractivity (Wildman–Crippen MR) is 40.8 cm³/mol. The van der Waals surface area contributed by atoms with Crippen molar-refractivity contribution in [1.29, 1.82) is 5.26 Å². The zero-order valence-electron chi connectivity index (χ0n) is 5.87. The Morgan fingerprint density at radius 1 is 1.50 bits per heavy atom. The Morgan fingerprint density at radius 3 is 2.67 bits per heavy atom. The number of alkyl halides is 2. The first-order valence-electron chi connectivity index (χ1n) is 3.03. The van der Waals surface area contributed by atoms with Crippen LogP contribution in [0.1, 0.15) is 5.56 Å². The molecule has 0 amide bonds. The quantitative estimate of drug-likeness (QED) is 0.665. The molecule has 1 rings (SSSR count). The number of halogens is 2. The van der Waals surface area contributed by atoms with Gasteiger partial charge in [0.2, 0.25) is 0 Å². The highest BCUT2D eigenvalue weighted by molar-refractivity contribution is 7.99. The Hall–Kier alpha value is -1.15. The number of nitrogens with zero attached hydrogens (tertiary/aromatic N) is 2. The third kappa shape index (κ3) is 2.47. The average molecular weight is 186 g/mol. The first-order chi connectivity index (χ1) is 5.72. The molecule has 0 N–H and O–H groups in total. The Kier molecular flexibility index (Phi) is 3.00. The van der Waals surface area contributed by atoms with E-state index in [2.05, 4.69) is 4.98 Å². The monoisotopic (exact) mass is 186 g/mol. The van der Waals surface area contributed by atoms with Crippen LogP contribution in [0.25, 0.3) is 0 Å². The van der Waals surface area contributed by atoms with Gasteiger partial charge >= 0.3 is 0 Å². The van der Waals surface area contributed by atoms with E-state index >= 15 is 0 Å². The van der Waals surface area contributed by atoms with Crippen molar-refractivity contribution in [3.05, 3.63) is 23.9 Å². The van der Waals surface area contributed by atoms with Crippen molar-refractivity contribution in [3.8, 4) is 6.07 Å². The zero-order valence-corrected chi connectivity index (χ0v) is 6.68. The van der Waals surface area contributed by atoms with E-state index in [1.807, 2.05) is 6.07 Å². The van der Waals surface area contributed by atoms with Gasteiger partial charge in [0, 0.05) is 6.20 Å². The molecule has 0 spiro atoms. The van der Waals surface area contributed by atoms with Gasteiger partial charge in [0.15, 0.2) is 0 Å². The molecule has 0 bridgehead atoms. The molecule has 12 heavy (non-hydrogen) atoms. The van der Waals surface area contributed by atoms with E-state index in [1.165, 1.54) is 18.3 Å². The summed E-state index contributed by atoms with van der Waals surface area (Å²) in [5, 5.41) is 8.59. The van der Waals surface area contributed by atoms with Crippen LogP contribution in [0.15, 0.2) is 23.4 Å². The fourth-order valence-electron chi connectivity index (χ4n) is 0.607. The Morgan fingerprint density at radius 2 is 2.25 bits per heavy atom. The lowest BCUT2D eigenvalue weighted by Gasteiger charge is -1.96. The van der Waals surface area contributed by atoms with Crippen molar-refractivity contribution in [2.75, 3.05) is 0 Å². The van der Waals surface area contributed by atoms with Crippen LogP contribution in [0.4, 0.5) is 8.78 Å². The fraction of sp³-hybridized carbons (Fsp3) is 0.143. The number of hydrogen-bond acceptors (Lipinski definition) is 3. The van der Waals surface area contributed by atoms with E-state index < -0.39 is 5.76 Å². The Bertz CT molecular complexity index is 291. The second kappa shape index (κ2) is 4.02. The van der Waals surface area contributed by atoms with E-state index in [9.17, 15) is 8.78 Å². The maximum atomic E-state index is 11.8. The van der Waals surface area contributed by atoms with Gasteiger partial charge in [-0.05, 0) is 23.9 Å². The van der Waals surface area contributed by atoms with E-state index in [-0.39, 0.29) is 5.03 Å². The van der Waals surface area contributed by atoms with Crippen LogP contribution in [0, 0.1) is 11.3 Å². The summed E-state index contributed by atoms with van der Waals surface area (Å²) in [6.45, 7) is 0. The normalized spacial score (nSPS) is 9.83. The van der Waals surface area contributed by atoms with Gasteiger partial charge < -0.3 is 0 Å². The van der Waals surface area contributed by atoms with E-state index in [1.54, 1.807) is 0 Å². The van der Waals surface area contributed by atoms with Crippen molar-refractivity contribution in [2.24, 2.45) is 0 Å². The van der Waals surface area contributed by atoms with Crippen LogP contribution in [0.2, 0.25) is 0 Å². The number of rotatable bonds is 2. The molecule has 0 fully saturated rings. The number of hydrogen-bond donors (Lipinski definition) is 0. The summed E-state index contributed by atoms with van der Waals surface area (Å²) >= 11 is 0.364. The maximum Gasteiger partial charge on any atom is 0.290 e. The van der Waals surface area contributed by atoms with Crippen LogP contribution < -0.4 is 0 Å². The molecule has 0 aliphatic carbocycles. The first kappa shape index (κ1) is 8.94. The minimum Gasteiger partial charge on any atom is -0.248 e. The summed E-state index contributed by atoms with van der Waals surface area (Å²) in [5.74, 6) is -2.47. The van der Waals surface area contributed by atoms with Crippen molar-refractivity contribution >= 4 is 11.8 Å². The lowest BCUT2D eigenvalue weighted by atomic mass is 10.3. The summed E-state index contributed by atoms with van der Waals surface area (Å²) in [6.07, 6.45) is 1.27. The van der Waals surface area contributed by atoms with E-state index in [4.69, 9.17) is 5.26 Å². The molecule has 0 aliphatic heterocycles. The first-order valence-corrected chi connectivity index (χ1v) is 3.91.